The average Bonchev–Trinajstić information content (AvgIpc) is 2.95. The molecule has 166 valence electrons. The summed E-state index contributed by atoms with van der Waals surface area (Å²) < 4.78 is 131. The molecule has 0 saturated carbocycles. The smallest absolute Gasteiger partial charge is 0.333 e. The zero-order valence-corrected chi connectivity index (χ0v) is 15.1. The average molecular weight is 492 g/mol. The molecular weight excluding hydrogens is 488 g/mol. The van der Waals surface area contributed by atoms with E-state index in [2.05, 4.69) is 4.99 Å². The number of rotatable bonds is 2. The molecule has 0 aliphatic carbocycles. The van der Waals surface area contributed by atoms with E-state index in [9.17, 15) is 54.0 Å². The third-order valence-corrected chi connectivity index (χ3v) is 4.85. The molecule has 2 rings (SSSR count). The van der Waals surface area contributed by atoms with Crippen molar-refractivity contribution in [3.05, 3.63) is 44.1 Å². The molecule has 1 aliphatic heterocycles. The Bertz CT molecular complexity index is 925. The lowest BCUT2D eigenvalue weighted by Crippen LogP contribution is -2.55. The quantitative estimate of drug-likeness (QED) is 0.297. The van der Waals surface area contributed by atoms with Crippen molar-refractivity contribution in [1.82, 2.24) is 0 Å². The largest absolute Gasteiger partial charge is 0.443 e. The molecule has 1 N–H and O–H groups in total. The van der Waals surface area contributed by atoms with E-state index in [1.165, 1.54) is 0 Å². The van der Waals surface area contributed by atoms with E-state index in [4.69, 9.17) is 11.6 Å². The monoisotopic (exact) mass is 491 g/mol. The van der Waals surface area contributed by atoms with Crippen LogP contribution in [0.3, 0.4) is 0 Å². The van der Waals surface area contributed by atoms with Crippen LogP contribution in [-0.2, 0) is 0 Å². The van der Waals surface area contributed by atoms with E-state index >= 15 is 0 Å². The third kappa shape index (κ3) is 4.14. The minimum absolute atomic E-state index is 0.527. The first-order chi connectivity index (χ1) is 13.4. The van der Waals surface area contributed by atoms with Gasteiger partial charge in [-0.3, -0.25) is 10.1 Å². The number of benzene rings is 1. The minimum Gasteiger partial charge on any atom is -0.333 e. The highest BCUT2D eigenvalue weighted by atomic mass is 35.5. The minimum atomic E-state index is -6.50. The van der Waals surface area contributed by atoms with Crippen LogP contribution >= 0.6 is 23.4 Å². The van der Waals surface area contributed by atoms with Gasteiger partial charge in [-0.1, -0.05) is 23.4 Å². The van der Waals surface area contributed by atoms with E-state index in [-0.39, 0.29) is 0 Å². The molecule has 1 heterocycles. The van der Waals surface area contributed by atoms with Gasteiger partial charge in [-0.15, -0.1) is 0 Å². The van der Waals surface area contributed by atoms with Crippen LogP contribution in [0.25, 0.3) is 0 Å². The number of nitrogens with one attached hydrogen (secondary N) is 1. The molecule has 17 heteroatoms. The summed E-state index contributed by atoms with van der Waals surface area (Å²) in [7, 11) is 0. The Labute approximate surface area is 167 Å². The molecule has 1 aromatic carbocycles. The first kappa shape index (κ1) is 24.0. The van der Waals surface area contributed by atoms with Crippen LogP contribution in [0.1, 0.15) is 0 Å². The lowest BCUT2D eigenvalue weighted by molar-refractivity contribution is -0.384. The third-order valence-electron chi connectivity index (χ3n) is 3.47. The second-order valence-electron chi connectivity index (χ2n) is 5.41. The SMILES string of the molecule is O=[N+]([O-])c1ccc(NC2=NC(C(F)(F)F)(C(F)(F)F)/C(=C(\F)C(F)(F)F)S2)c(Cl)c1. The van der Waals surface area contributed by atoms with Crippen molar-refractivity contribution in [1.29, 1.82) is 0 Å². The maximum atomic E-state index is 13.6. The topological polar surface area (TPSA) is 67.5 Å². The van der Waals surface area contributed by atoms with Gasteiger partial charge in [-0.25, -0.2) is 9.38 Å². The molecule has 0 bridgehead atoms. The summed E-state index contributed by atoms with van der Waals surface area (Å²) in [4.78, 5) is 9.22. The Balaban J connectivity index is 2.65. The highest BCUT2D eigenvalue weighted by Crippen LogP contribution is 2.59. The van der Waals surface area contributed by atoms with Crippen molar-refractivity contribution >= 4 is 39.9 Å². The van der Waals surface area contributed by atoms with E-state index in [1.54, 1.807) is 5.32 Å². The molecule has 30 heavy (non-hydrogen) atoms. The van der Waals surface area contributed by atoms with Crippen molar-refractivity contribution < 1.29 is 48.8 Å². The number of hydrogen-bond acceptors (Lipinski definition) is 5. The van der Waals surface area contributed by atoms with Crippen LogP contribution in [0.4, 0.5) is 55.3 Å². The number of aliphatic imine (C=N–C) groups is 1. The van der Waals surface area contributed by atoms with Gasteiger partial charge in [0.25, 0.3) is 11.2 Å². The van der Waals surface area contributed by atoms with Gasteiger partial charge in [0.15, 0.2) is 5.17 Å². The number of nitro benzene ring substituents is 1. The molecule has 0 radical (unpaired) electrons. The van der Waals surface area contributed by atoms with Crippen LogP contribution in [0.15, 0.2) is 33.9 Å². The number of nitrogens with zero attached hydrogens (tertiary/aromatic N) is 2. The fourth-order valence-electron chi connectivity index (χ4n) is 2.16. The predicted molar refractivity (Wildman–Crippen MR) is 85.8 cm³/mol. The van der Waals surface area contributed by atoms with E-state index in [1.807, 2.05) is 0 Å². The number of alkyl halides is 9. The van der Waals surface area contributed by atoms with Crippen LogP contribution in [-0.4, -0.2) is 34.2 Å². The summed E-state index contributed by atoms with van der Waals surface area (Å²) in [5, 5.41) is 10.4. The van der Waals surface area contributed by atoms with Crippen molar-refractivity contribution in [2.75, 3.05) is 5.32 Å². The molecule has 0 atom stereocenters. The van der Waals surface area contributed by atoms with Gasteiger partial charge in [0.05, 0.1) is 20.5 Å². The number of hydrogen-bond donors (Lipinski definition) is 1. The maximum absolute atomic E-state index is 13.6. The van der Waals surface area contributed by atoms with E-state index in [0.717, 1.165) is 12.1 Å². The molecule has 0 amide bonds. The van der Waals surface area contributed by atoms with Crippen LogP contribution in [0.5, 0.6) is 0 Å². The van der Waals surface area contributed by atoms with Gasteiger partial charge in [0.2, 0.25) is 5.83 Å². The fourth-order valence-corrected chi connectivity index (χ4v) is 3.55. The van der Waals surface area contributed by atoms with Crippen molar-refractivity contribution in [2.45, 2.75) is 24.1 Å². The van der Waals surface area contributed by atoms with Gasteiger partial charge >= 0.3 is 18.5 Å². The summed E-state index contributed by atoms with van der Waals surface area (Å²) in [6.45, 7) is 0. The number of amidine groups is 1. The normalized spacial score (nSPS) is 18.8. The number of allylic oxidation sites excluding steroid dienone is 1. The molecule has 1 aromatic rings. The zero-order chi connectivity index (χ0) is 23.3. The van der Waals surface area contributed by atoms with Gasteiger partial charge in [-0.05, 0) is 6.07 Å². The zero-order valence-electron chi connectivity index (χ0n) is 13.5. The maximum Gasteiger partial charge on any atom is 0.443 e. The lowest BCUT2D eigenvalue weighted by Gasteiger charge is -2.31. The Morgan fingerprint density at radius 1 is 1.10 bits per heavy atom. The Morgan fingerprint density at radius 3 is 2.03 bits per heavy atom. The van der Waals surface area contributed by atoms with Gasteiger partial charge < -0.3 is 5.32 Å². The molecular formula is C13H4ClF10N3O2S. The number of anilines is 1. The molecule has 0 fully saturated rings. The molecule has 0 spiro atoms. The van der Waals surface area contributed by atoms with Crippen LogP contribution in [0, 0.1) is 10.1 Å². The van der Waals surface area contributed by atoms with Gasteiger partial charge in [0.1, 0.15) is 0 Å². The first-order valence-electron chi connectivity index (χ1n) is 7.01. The van der Waals surface area contributed by atoms with Crippen molar-refractivity contribution in [2.24, 2.45) is 4.99 Å². The van der Waals surface area contributed by atoms with Crippen LogP contribution in [0.2, 0.25) is 5.02 Å². The molecule has 1 aliphatic rings. The molecule has 0 saturated heterocycles. The predicted octanol–water partition coefficient (Wildman–Crippen LogP) is 6.37. The first-order valence-corrected chi connectivity index (χ1v) is 8.21. The number of non-ortho nitro benzene ring substituents is 1. The highest BCUT2D eigenvalue weighted by molar-refractivity contribution is 8.17. The number of thioether (sulfide) groups is 1. The number of nitro groups is 1. The standard InChI is InChI=1S/C13H4ClF10N3O2S/c14-5-3-4(27(28)29)1-2-6(5)25-9-26-10(12(19,20)21,13(22,23)24)8(30-9)7(15)11(16,17)18/h1-3H,(H,25,26)/b8-7+. The van der Waals surface area contributed by atoms with Gasteiger partial charge in [-0.2, -0.15) is 39.5 Å². The summed E-state index contributed by atoms with van der Waals surface area (Å²) in [5.74, 6) is -3.63. The highest BCUT2D eigenvalue weighted by Gasteiger charge is 2.77. The summed E-state index contributed by atoms with van der Waals surface area (Å²) in [6.07, 6.45) is -19.2. The van der Waals surface area contributed by atoms with Gasteiger partial charge in [0, 0.05) is 12.1 Å². The summed E-state index contributed by atoms with van der Waals surface area (Å²) in [6, 6.07) is 2.17. The second-order valence-corrected chi connectivity index (χ2v) is 6.82. The second kappa shape index (κ2) is 7.47. The Hall–Kier alpha value is -2.23. The van der Waals surface area contributed by atoms with E-state index in [0.29, 0.717) is 6.07 Å². The van der Waals surface area contributed by atoms with E-state index < -0.39 is 73.1 Å². The Morgan fingerprint density at radius 2 is 1.63 bits per heavy atom. The Kier molecular flexibility index (Phi) is 5.99. The molecule has 0 aromatic heterocycles. The summed E-state index contributed by atoms with van der Waals surface area (Å²) in [5.41, 5.74) is -6.66. The summed E-state index contributed by atoms with van der Waals surface area (Å²) >= 11 is 4.74. The van der Waals surface area contributed by atoms with Crippen molar-refractivity contribution in [3.8, 4) is 0 Å². The molecule has 5 nitrogen and oxygen atoms in total. The number of halogens is 11. The fraction of sp³-hybridized carbons (Fsp3) is 0.308. The van der Waals surface area contributed by atoms with Crippen LogP contribution < -0.4 is 5.32 Å². The molecule has 0 unspecified atom stereocenters. The van der Waals surface area contributed by atoms with Crippen molar-refractivity contribution in [3.63, 3.8) is 0 Å². The lowest BCUT2D eigenvalue weighted by atomic mass is 9.97.